The number of Topliss-reactive ketones (excluding diaryl/α,β-unsaturated/α-hetero) is 1. The van der Waals surface area contributed by atoms with Gasteiger partial charge in [0.15, 0.2) is 0 Å². The third-order valence-corrected chi connectivity index (χ3v) is 10.7. The van der Waals surface area contributed by atoms with Crippen LogP contribution in [0.5, 0.6) is 0 Å². The summed E-state index contributed by atoms with van der Waals surface area (Å²) in [7, 11) is 0. The van der Waals surface area contributed by atoms with E-state index in [9.17, 15) is 4.79 Å². The van der Waals surface area contributed by atoms with Crippen molar-refractivity contribution in [3.8, 4) is 0 Å². The summed E-state index contributed by atoms with van der Waals surface area (Å²) >= 11 is 0. The van der Waals surface area contributed by atoms with E-state index in [0.29, 0.717) is 22.5 Å². The second kappa shape index (κ2) is 7.73. The Kier molecular flexibility index (Phi) is 5.78. The Balaban J connectivity index is 1.47. The molecule has 4 fully saturated rings. The van der Waals surface area contributed by atoms with E-state index in [1.165, 1.54) is 64.2 Å². The lowest BCUT2D eigenvalue weighted by atomic mass is 9.44. The summed E-state index contributed by atoms with van der Waals surface area (Å²) in [5.74, 6) is 6.82. The number of fused-ring (bicyclic) bond motifs is 5. The van der Waals surface area contributed by atoms with Crippen LogP contribution in [-0.4, -0.2) is 5.78 Å². The Morgan fingerprint density at radius 2 is 1.64 bits per heavy atom. The van der Waals surface area contributed by atoms with Crippen LogP contribution in [0.25, 0.3) is 0 Å². The van der Waals surface area contributed by atoms with Crippen molar-refractivity contribution >= 4 is 5.78 Å². The van der Waals surface area contributed by atoms with Crippen LogP contribution in [0.2, 0.25) is 0 Å². The predicted molar refractivity (Wildman–Crippen MR) is 118 cm³/mol. The number of ketones is 1. The van der Waals surface area contributed by atoms with Gasteiger partial charge in [-0.3, -0.25) is 4.79 Å². The van der Waals surface area contributed by atoms with E-state index in [0.717, 1.165) is 48.3 Å². The molecule has 0 saturated heterocycles. The molecule has 0 aromatic rings. The van der Waals surface area contributed by atoms with Crippen molar-refractivity contribution in [1.29, 1.82) is 0 Å². The zero-order valence-electron chi connectivity index (χ0n) is 19.4. The topological polar surface area (TPSA) is 17.1 Å². The summed E-state index contributed by atoms with van der Waals surface area (Å²) in [6.45, 7) is 12.6. The standard InChI is InChI=1S/C27H46O/c1-18(2)7-6-8-19(3)23-11-12-24-22-10-9-20-17-21(28)13-15-26(20,4)25(22)14-16-27(23,24)5/h18-20,22-25H,6-17H2,1-5H3/t19-,20-,22-,23-,24-,25-,26-,27+/m0/s1. The minimum atomic E-state index is 0.471. The zero-order valence-corrected chi connectivity index (χ0v) is 19.4. The Bertz CT molecular complexity index is 579. The molecule has 0 amide bonds. The van der Waals surface area contributed by atoms with Gasteiger partial charge in [-0.05, 0) is 97.2 Å². The van der Waals surface area contributed by atoms with E-state index < -0.39 is 0 Å². The first-order chi connectivity index (χ1) is 13.3. The maximum Gasteiger partial charge on any atom is 0.133 e. The van der Waals surface area contributed by atoms with Crippen molar-refractivity contribution < 1.29 is 4.79 Å². The molecule has 0 bridgehead atoms. The zero-order chi connectivity index (χ0) is 20.1. The Morgan fingerprint density at radius 1 is 0.893 bits per heavy atom. The number of hydrogen-bond donors (Lipinski definition) is 0. The van der Waals surface area contributed by atoms with E-state index in [2.05, 4.69) is 34.6 Å². The maximum atomic E-state index is 12.1. The van der Waals surface area contributed by atoms with Gasteiger partial charge < -0.3 is 0 Å². The van der Waals surface area contributed by atoms with Crippen LogP contribution in [0.4, 0.5) is 0 Å². The number of carbonyl (C=O) groups is 1. The van der Waals surface area contributed by atoms with Crippen LogP contribution in [0.3, 0.4) is 0 Å². The highest BCUT2D eigenvalue weighted by atomic mass is 16.1. The summed E-state index contributed by atoms with van der Waals surface area (Å²) in [6, 6.07) is 0. The van der Waals surface area contributed by atoms with Gasteiger partial charge in [-0.2, -0.15) is 0 Å². The molecule has 0 aromatic carbocycles. The van der Waals surface area contributed by atoms with Crippen LogP contribution >= 0.6 is 0 Å². The van der Waals surface area contributed by atoms with Gasteiger partial charge in [0.2, 0.25) is 0 Å². The number of rotatable bonds is 5. The van der Waals surface area contributed by atoms with E-state index in [1.807, 2.05) is 0 Å². The first-order valence-corrected chi connectivity index (χ1v) is 12.8. The Labute approximate surface area is 174 Å². The lowest BCUT2D eigenvalue weighted by Gasteiger charge is -2.60. The van der Waals surface area contributed by atoms with E-state index in [4.69, 9.17) is 0 Å². The molecule has 160 valence electrons. The molecule has 0 spiro atoms. The summed E-state index contributed by atoms with van der Waals surface area (Å²) in [6.07, 6.45) is 15.9. The largest absolute Gasteiger partial charge is 0.300 e. The molecule has 4 rings (SSSR count). The molecule has 8 atom stereocenters. The molecule has 4 saturated carbocycles. The molecule has 0 unspecified atom stereocenters. The van der Waals surface area contributed by atoms with Gasteiger partial charge in [0.05, 0.1) is 0 Å². The van der Waals surface area contributed by atoms with Gasteiger partial charge >= 0.3 is 0 Å². The van der Waals surface area contributed by atoms with Crippen molar-refractivity contribution in [2.75, 3.05) is 0 Å². The molecule has 0 heterocycles. The summed E-state index contributed by atoms with van der Waals surface area (Å²) in [4.78, 5) is 12.1. The predicted octanol–water partition coefficient (Wildman–Crippen LogP) is 7.68. The summed E-state index contributed by atoms with van der Waals surface area (Å²) < 4.78 is 0. The fraction of sp³-hybridized carbons (Fsp3) is 0.963. The average Bonchev–Trinajstić information content (AvgIpc) is 2.99. The minimum Gasteiger partial charge on any atom is -0.300 e. The second-order valence-corrected chi connectivity index (χ2v) is 12.4. The quantitative estimate of drug-likeness (QED) is 0.473. The second-order valence-electron chi connectivity index (χ2n) is 12.4. The highest BCUT2D eigenvalue weighted by molar-refractivity contribution is 5.79. The van der Waals surface area contributed by atoms with Gasteiger partial charge in [-0.25, -0.2) is 0 Å². The Hall–Kier alpha value is -0.330. The lowest BCUT2D eigenvalue weighted by molar-refractivity contribution is -0.140. The third-order valence-electron chi connectivity index (χ3n) is 10.7. The van der Waals surface area contributed by atoms with Crippen molar-refractivity contribution in [1.82, 2.24) is 0 Å². The average molecular weight is 387 g/mol. The van der Waals surface area contributed by atoms with Crippen LogP contribution < -0.4 is 0 Å². The van der Waals surface area contributed by atoms with Crippen LogP contribution in [0.1, 0.15) is 112 Å². The van der Waals surface area contributed by atoms with Gasteiger partial charge in [0, 0.05) is 12.8 Å². The van der Waals surface area contributed by atoms with E-state index in [1.54, 1.807) is 0 Å². The highest BCUT2D eigenvalue weighted by Crippen LogP contribution is 2.68. The minimum absolute atomic E-state index is 0.471. The monoisotopic (exact) mass is 386 g/mol. The van der Waals surface area contributed by atoms with Gasteiger partial charge in [0.1, 0.15) is 5.78 Å². The van der Waals surface area contributed by atoms with Gasteiger partial charge in [-0.15, -0.1) is 0 Å². The normalized spacial score (nSPS) is 46.8. The third kappa shape index (κ3) is 3.41. The Morgan fingerprint density at radius 3 is 2.39 bits per heavy atom. The summed E-state index contributed by atoms with van der Waals surface area (Å²) in [5.41, 5.74) is 1.07. The van der Waals surface area contributed by atoms with Crippen LogP contribution in [0.15, 0.2) is 0 Å². The summed E-state index contributed by atoms with van der Waals surface area (Å²) in [5, 5.41) is 0. The molecule has 1 nitrogen and oxygen atoms in total. The van der Waals surface area contributed by atoms with E-state index in [-0.39, 0.29) is 0 Å². The van der Waals surface area contributed by atoms with Crippen LogP contribution in [0, 0.1) is 52.3 Å². The van der Waals surface area contributed by atoms with Crippen LogP contribution in [-0.2, 0) is 4.79 Å². The van der Waals surface area contributed by atoms with Crippen molar-refractivity contribution in [2.24, 2.45) is 52.3 Å². The highest BCUT2D eigenvalue weighted by Gasteiger charge is 2.60. The number of carbonyl (C=O) groups excluding carboxylic acids is 1. The van der Waals surface area contributed by atoms with E-state index >= 15 is 0 Å². The van der Waals surface area contributed by atoms with Crippen molar-refractivity contribution in [2.45, 2.75) is 112 Å². The van der Waals surface area contributed by atoms with Crippen molar-refractivity contribution in [3.05, 3.63) is 0 Å². The smallest absolute Gasteiger partial charge is 0.133 e. The first-order valence-electron chi connectivity index (χ1n) is 12.8. The first kappa shape index (κ1) is 20.9. The maximum absolute atomic E-state index is 12.1. The molecule has 0 N–H and O–H groups in total. The number of hydrogen-bond acceptors (Lipinski definition) is 1. The molecule has 1 heteroatoms. The molecule has 4 aliphatic rings. The lowest BCUT2D eigenvalue weighted by Crippen LogP contribution is -2.53. The fourth-order valence-corrected chi connectivity index (χ4v) is 9.07. The molecule has 0 radical (unpaired) electrons. The molecule has 0 aliphatic heterocycles. The van der Waals surface area contributed by atoms with Gasteiger partial charge in [0.25, 0.3) is 0 Å². The SMILES string of the molecule is CC(C)CCC[C@H](C)[C@@H]1CC[C@H]2[C@@H]3CC[C@H]4CC(=O)CC[C@]4(C)[C@H]3CC[C@@]21C. The molecule has 28 heavy (non-hydrogen) atoms. The van der Waals surface area contributed by atoms with Crippen molar-refractivity contribution in [3.63, 3.8) is 0 Å². The van der Waals surface area contributed by atoms with Gasteiger partial charge in [-0.1, -0.05) is 53.9 Å². The molecular formula is C27H46O. The molecule has 4 aliphatic carbocycles. The molecule has 0 aromatic heterocycles. The molecular weight excluding hydrogens is 340 g/mol. The fourth-order valence-electron chi connectivity index (χ4n) is 9.07.